The lowest BCUT2D eigenvalue weighted by Gasteiger charge is -2.15. The Balaban J connectivity index is 1.88. The second-order valence-electron chi connectivity index (χ2n) is 5.23. The van der Waals surface area contributed by atoms with Gasteiger partial charge in [-0.1, -0.05) is 23.2 Å². The van der Waals surface area contributed by atoms with Gasteiger partial charge in [0.05, 0.1) is 0 Å². The summed E-state index contributed by atoms with van der Waals surface area (Å²) in [7, 11) is 0. The molecular formula is C14H16Cl2N4. The van der Waals surface area contributed by atoms with Gasteiger partial charge in [0.15, 0.2) is 0 Å². The molecule has 20 heavy (non-hydrogen) atoms. The van der Waals surface area contributed by atoms with E-state index in [9.17, 15) is 0 Å². The van der Waals surface area contributed by atoms with E-state index in [1.165, 1.54) is 0 Å². The minimum Gasteiger partial charge on any atom is -0.126 e. The number of rotatable bonds is 2. The quantitative estimate of drug-likeness (QED) is 0.816. The average molecular weight is 311 g/mol. The molecule has 0 atom stereocenters. The van der Waals surface area contributed by atoms with Crippen LogP contribution >= 0.6 is 23.2 Å². The molecule has 0 spiro atoms. The topological polar surface area (TPSA) is 51.6 Å². The third-order valence-corrected chi connectivity index (χ3v) is 4.65. The summed E-state index contributed by atoms with van der Waals surface area (Å²) in [5.74, 6) is 1.12. The molecular weight excluding hydrogens is 295 g/mol. The first-order valence-corrected chi connectivity index (χ1v) is 7.84. The van der Waals surface area contributed by atoms with Gasteiger partial charge >= 0.3 is 0 Å². The van der Waals surface area contributed by atoms with Crippen LogP contribution in [0, 0.1) is 0 Å². The molecule has 0 amide bonds. The normalized spacial score (nSPS) is 20.5. The molecule has 0 saturated heterocycles. The molecule has 2 aliphatic carbocycles. The van der Waals surface area contributed by atoms with Crippen LogP contribution in [0.25, 0.3) is 11.1 Å². The fourth-order valence-electron chi connectivity index (χ4n) is 2.67. The van der Waals surface area contributed by atoms with Gasteiger partial charge in [-0.3, -0.25) is 0 Å². The van der Waals surface area contributed by atoms with Crippen molar-refractivity contribution < 1.29 is 0 Å². The van der Waals surface area contributed by atoms with E-state index in [-0.39, 0.29) is 0 Å². The number of aromatic nitrogens is 4. The predicted molar refractivity (Wildman–Crippen MR) is 80.1 cm³/mol. The van der Waals surface area contributed by atoms with Gasteiger partial charge in [-0.05, 0) is 51.4 Å². The molecule has 6 heteroatoms. The van der Waals surface area contributed by atoms with Gasteiger partial charge in [-0.2, -0.15) is 0 Å². The first kappa shape index (κ1) is 14.0. The van der Waals surface area contributed by atoms with Gasteiger partial charge in [0, 0.05) is 21.2 Å². The molecule has 2 aliphatic rings. The number of allylic oxidation sites excluding steroid dienone is 4. The zero-order valence-corrected chi connectivity index (χ0v) is 12.7. The van der Waals surface area contributed by atoms with Crippen molar-refractivity contribution in [1.29, 1.82) is 0 Å². The van der Waals surface area contributed by atoms with Crippen LogP contribution < -0.4 is 0 Å². The van der Waals surface area contributed by atoms with Gasteiger partial charge in [0.25, 0.3) is 0 Å². The molecule has 0 N–H and O–H groups in total. The zero-order chi connectivity index (χ0) is 13.9. The highest BCUT2D eigenvalue weighted by Crippen LogP contribution is 2.34. The molecule has 0 unspecified atom stereocenters. The van der Waals surface area contributed by atoms with Gasteiger partial charge in [-0.25, -0.2) is 0 Å². The first-order chi connectivity index (χ1) is 9.75. The van der Waals surface area contributed by atoms with Crippen LogP contribution in [0.2, 0.25) is 0 Å². The second kappa shape index (κ2) is 6.19. The van der Waals surface area contributed by atoms with Crippen molar-refractivity contribution in [3.05, 3.63) is 21.7 Å². The smallest absolute Gasteiger partial charge is 0.126 e. The van der Waals surface area contributed by atoms with Crippen molar-refractivity contribution in [2.45, 2.75) is 51.4 Å². The van der Waals surface area contributed by atoms with Gasteiger partial charge in [0.2, 0.25) is 11.6 Å². The number of hydrogen-bond acceptors (Lipinski definition) is 4. The highest BCUT2D eigenvalue weighted by atomic mass is 35.5. The van der Waals surface area contributed by atoms with Gasteiger partial charge in [0.1, 0.15) is 0 Å². The maximum atomic E-state index is 6.24. The number of nitrogens with zero attached hydrogens (tertiary/aromatic N) is 4. The Hall–Kier alpha value is -1.00. The van der Waals surface area contributed by atoms with Crippen LogP contribution in [0.3, 0.4) is 0 Å². The lowest BCUT2D eigenvalue weighted by Crippen LogP contribution is -2.08. The number of hydrogen-bond donors (Lipinski definition) is 0. The highest BCUT2D eigenvalue weighted by molar-refractivity contribution is 6.33. The summed E-state index contributed by atoms with van der Waals surface area (Å²) in [6.07, 6.45) is 8.11. The van der Waals surface area contributed by atoms with Crippen LogP contribution in [-0.2, 0) is 0 Å². The van der Waals surface area contributed by atoms with E-state index in [2.05, 4.69) is 20.4 Å². The summed E-state index contributed by atoms with van der Waals surface area (Å²) < 4.78 is 0. The van der Waals surface area contributed by atoms with E-state index in [1.54, 1.807) is 0 Å². The van der Waals surface area contributed by atoms with Gasteiger partial charge in [-0.15, -0.1) is 20.4 Å². The van der Waals surface area contributed by atoms with E-state index in [1.807, 2.05) is 0 Å². The molecule has 3 rings (SSSR count). The molecule has 0 bridgehead atoms. The van der Waals surface area contributed by atoms with Crippen LogP contribution in [0.4, 0.5) is 0 Å². The standard InChI is InChI=1S/C14H16Cl2N4/c15-11-7-3-1-5-9(11)13-17-19-14(20-18-13)10-6-2-4-8-12(10)16/h1-8H2. The van der Waals surface area contributed by atoms with Crippen molar-refractivity contribution in [2.24, 2.45) is 0 Å². The molecule has 1 aromatic heterocycles. The molecule has 0 radical (unpaired) electrons. The van der Waals surface area contributed by atoms with Crippen molar-refractivity contribution in [2.75, 3.05) is 0 Å². The zero-order valence-electron chi connectivity index (χ0n) is 11.2. The Morgan fingerprint density at radius 3 is 1.25 bits per heavy atom. The Morgan fingerprint density at radius 2 is 0.900 bits per heavy atom. The second-order valence-corrected chi connectivity index (χ2v) is 6.14. The summed E-state index contributed by atoms with van der Waals surface area (Å²) in [5.41, 5.74) is 1.99. The maximum absolute atomic E-state index is 6.24. The molecule has 1 heterocycles. The van der Waals surface area contributed by atoms with E-state index in [4.69, 9.17) is 23.2 Å². The Morgan fingerprint density at radius 1 is 0.550 bits per heavy atom. The van der Waals surface area contributed by atoms with Crippen molar-refractivity contribution >= 4 is 34.3 Å². The first-order valence-electron chi connectivity index (χ1n) is 7.09. The summed E-state index contributed by atoms with van der Waals surface area (Å²) in [6.45, 7) is 0. The van der Waals surface area contributed by atoms with Crippen molar-refractivity contribution in [3.8, 4) is 0 Å². The fraction of sp³-hybridized carbons (Fsp3) is 0.571. The lowest BCUT2D eigenvalue weighted by molar-refractivity contribution is 0.704. The van der Waals surface area contributed by atoms with Crippen molar-refractivity contribution in [3.63, 3.8) is 0 Å². The van der Waals surface area contributed by atoms with Crippen LogP contribution in [-0.4, -0.2) is 20.4 Å². The third kappa shape index (κ3) is 2.86. The average Bonchev–Trinajstić information content (AvgIpc) is 2.49. The molecule has 0 fully saturated rings. The molecule has 106 valence electrons. The summed E-state index contributed by atoms with van der Waals surface area (Å²) in [6, 6.07) is 0. The fourth-order valence-corrected chi connectivity index (χ4v) is 3.30. The highest BCUT2D eigenvalue weighted by Gasteiger charge is 2.19. The largest absolute Gasteiger partial charge is 0.200 e. The lowest BCUT2D eigenvalue weighted by atomic mass is 9.98. The molecule has 0 saturated carbocycles. The van der Waals surface area contributed by atoms with E-state index in [0.29, 0.717) is 11.6 Å². The molecule has 1 aromatic rings. The Labute approximate surface area is 128 Å². The summed E-state index contributed by atoms with van der Waals surface area (Å²) in [4.78, 5) is 0. The van der Waals surface area contributed by atoms with Crippen molar-refractivity contribution in [1.82, 2.24) is 20.4 Å². The summed E-state index contributed by atoms with van der Waals surface area (Å²) >= 11 is 12.5. The summed E-state index contributed by atoms with van der Waals surface area (Å²) in [5, 5.41) is 18.5. The Bertz CT molecular complexity index is 512. The van der Waals surface area contributed by atoms with E-state index < -0.39 is 0 Å². The SMILES string of the molecule is ClC1=C(c2nnc(C3=C(Cl)CCCC3)nn2)CCCC1. The number of halogens is 2. The van der Waals surface area contributed by atoms with Crippen LogP contribution in [0.5, 0.6) is 0 Å². The van der Waals surface area contributed by atoms with E-state index >= 15 is 0 Å². The minimum absolute atomic E-state index is 0.561. The van der Waals surface area contributed by atoms with Gasteiger partial charge < -0.3 is 0 Å². The van der Waals surface area contributed by atoms with Crippen LogP contribution in [0.15, 0.2) is 10.1 Å². The monoisotopic (exact) mass is 310 g/mol. The molecule has 0 aliphatic heterocycles. The maximum Gasteiger partial charge on any atom is 0.200 e. The third-order valence-electron chi connectivity index (χ3n) is 3.82. The Kier molecular flexibility index (Phi) is 4.32. The van der Waals surface area contributed by atoms with Crippen LogP contribution in [0.1, 0.15) is 63.0 Å². The predicted octanol–water partition coefficient (Wildman–Crippen LogP) is 4.31. The molecule has 0 aromatic carbocycles. The minimum atomic E-state index is 0.561. The van der Waals surface area contributed by atoms with E-state index in [0.717, 1.165) is 72.6 Å². The molecule has 4 nitrogen and oxygen atoms in total.